The highest BCUT2D eigenvalue weighted by Gasteiger charge is 2.30. The lowest BCUT2D eigenvalue weighted by Gasteiger charge is -2.33. The first-order valence-electron chi connectivity index (χ1n) is 5.20. The first-order chi connectivity index (χ1) is 7.55. The van der Waals surface area contributed by atoms with Crippen LogP contribution in [-0.2, 0) is 9.84 Å². The van der Waals surface area contributed by atoms with Gasteiger partial charge in [-0.15, -0.1) is 6.42 Å². The number of hydrogen-bond donors (Lipinski definition) is 1. The maximum absolute atomic E-state index is 11.6. The molecule has 0 saturated carbocycles. The van der Waals surface area contributed by atoms with Gasteiger partial charge in [0.1, 0.15) is 5.37 Å². The Morgan fingerprint density at radius 1 is 1.62 bits per heavy atom. The standard InChI is InChI=1S/C10H18N2O2S2/c1-3-4-11-5-6-12-7-8-15-9-10(12)16(2,13)14/h1,10-11H,4-9H2,2H3. The lowest BCUT2D eigenvalue weighted by Crippen LogP contribution is -2.49. The third-order valence-corrected chi connectivity index (χ3v) is 5.17. The molecule has 0 aromatic heterocycles. The summed E-state index contributed by atoms with van der Waals surface area (Å²) in [5, 5.41) is 2.74. The molecule has 16 heavy (non-hydrogen) atoms. The van der Waals surface area contributed by atoms with Crippen LogP contribution in [0.4, 0.5) is 0 Å². The highest BCUT2D eigenvalue weighted by Crippen LogP contribution is 2.19. The van der Waals surface area contributed by atoms with Gasteiger partial charge in [-0.2, -0.15) is 11.8 Å². The van der Waals surface area contributed by atoms with E-state index in [9.17, 15) is 8.42 Å². The van der Waals surface area contributed by atoms with Gasteiger partial charge >= 0.3 is 0 Å². The number of hydrogen-bond acceptors (Lipinski definition) is 5. The average Bonchev–Trinajstić information content (AvgIpc) is 2.24. The van der Waals surface area contributed by atoms with Gasteiger partial charge in [-0.1, -0.05) is 5.92 Å². The smallest absolute Gasteiger partial charge is 0.164 e. The minimum absolute atomic E-state index is 0.334. The fraction of sp³-hybridized carbons (Fsp3) is 0.800. The molecule has 4 nitrogen and oxygen atoms in total. The van der Waals surface area contributed by atoms with Crippen molar-refractivity contribution in [2.24, 2.45) is 0 Å². The lowest BCUT2D eigenvalue weighted by atomic mass is 10.4. The highest BCUT2D eigenvalue weighted by molar-refractivity contribution is 8.00. The van der Waals surface area contributed by atoms with Crippen molar-refractivity contribution >= 4 is 21.6 Å². The molecular weight excluding hydrogens is 244 g/mol. The van der Waals surface area contributed by atoms with Crippen molar-refractivity contribution in [1.82, 2.24) is 10.2 Å². The Kier molecular flexibility index (Phi) is 5.62. The Morgan fingerprint density at radius 2 is 2.38 bits per heavy atom. The molecule has 1 unspecified atom stereocenters. The van der Waals surface area contributed by atoms with Gasteiger partial charge in [0.2, 0.25) is 0 Å². The number of terminal acetylenes is 1. The largest absolute Gasteiger partial charge is 0.305 e. The summed E-state index contributed by atoms with van der Waals surface area (Å²) >= 11 is 1.70. The third kappa shape index (κ3) is 4.34. The van der Waals surface area contributed by atoms with Gasteiger partial charge < -0.3 is 5.32 Å². The highest BCUT2D eigenvalue weighted by atomic mass is 32.2. The zero-order valence-electron chi connectivity index (χ0n) is 9.48. The van der Waals surface area contributed by atoms with E-state index in [0.717, 1.165) is 25.4 Å². The average molecular weight is 262 g/mol. The summed E-state index contributed by atoms with van der Waals surface area (Å²) in [5.74, 6) is 4.17. The van der Waals surface area contributed by atoms with Crippen LogP contribution in [0, 0.1) is 12.3 Å². The van der Waals surface area contributed by atoms with E-state index >= 15 is 0 Å². The molecule has 1 fully saturated rings. The predicted octanol–water partition coefficient (Wildman–Crippen LogP) is -0.371. The van der Waals surface area contributed by atoms with Crippen LogP contribution in [0.5, 0.6) is 0 Å². The molecule has 1 heterocycles. The molecule has 0 amide bonds. The van der Waals surface area contributed by atoms with E-state index in [-0.39, 0.29) is 5.37 Å². The van der Waals surface area contributed by atoms with Gasteiger partial charge in [0, 0.05) is 37.4 Å². The molecule has 1 N–H and O–H groups in total. The summed E-state index contributed by atoms with van der Waals surface area (Å²) in [4.78, 5) is 2.02. The van der Waals surface area contributed by atoms with Crippen LogP contribution in [-0.4, -0.2) is 62.6 Å². The number of thioether (sulfide) groups is 1. The van der Waals surface area contributed by atoms with Gasteiger partial charge in [0.15, 0.2) is 9.84 Å². The summed E-state index contributed by atoms with van der Waals surface area (Å²) in [6.45, 7) is 2.84. The van der Waals surface area contributed by atoms with Gasteiger partial charge in [-0.05, 0) is 0 Å². The van der Waals surface area contributed by atoms with Crippen LogP contribution in [0.3, 0.4) is 0 Å². The monoisotopic (exact) mass is 262 g/mol. The molecule has 1 aliphatic heterocycles. The van der Waals surface area contributed by atoms with Crippen LogP contribution in [0.25, 0.3) is 0 Å². The van der Waals surface area contributed by atoms with Crippen LogP contribution < -0.4 is 5.32 Å². The van der Waals surface area contributed by atoms with Gasteiger partial charge in [-0.25, -0.2) is 8.42 Å². The van der Waals surface area contributed by atoms with Crippen LogP contribution in [0.2, 0.25) is 0 Å². The Hall–Kier alpha value is -0.220. The quantitative estimate of drug-likeness (QED) is 0.541. The molecule has 0 aromatic rings. The first kappa shape index (κ1) is 13.8. The van der Waals surface area contributed by atoms with Crippen molar-refractivity contribution in [1.29, 1.82) is 0 Å². The number of nitrogens with one attached hydrogen (secondary N) is 1. The second kappa shape index (κ2) is 6.50. The van der Waals surface area contributed by atoms with Crippen LogP contribution >= 0.6 is 11.8 Å². The second-order valence-electron chi connectivity index (χ2n) is 3.78. The van der Waals surface area contributed by atoms with Gasteiger partial charge in [-0.3, -0.25) is 4.90 Å². The zero-order chi connectivity index (χ0) is 12.0. The van der Waals surface area contributed by atoms with Crippen molar-refractivity contribution in [2.45, 2.75) is 5.37 Å². The molecule has 1 aliphatic rings. The molecule has 0 aliphatic carbocycles. The van der Waals surface area contributed by atoms with E-state index < -0.39 is 9.84 Å². The molecule has 0 aromatic carbocycles. The van der Waals surface area contributed by atoms with Crippen LogP contribution in [0.15, 0.2) is 0 Å². The van der Waals surface area contributed by atoms with E-state index in [1.165, 1.54) is 6.26 Å². The topological polar surface area (TPSA) is 49.4 Å². The van der Waals surface area contributed by atoms with E-state index in [0.29, 0.717) is 12.3 Å². The lowest BCUT2D eigenvalue weighted by molar-refractivity contribution is 0.271. The molecule has 1 atom stereocenters. The number of rotatable bonds is 5. The maximum Gasteiger partial charge on any atom is 0.164 e. The Bertz CT molecular complexity index is 348. The SMILES string of the molecule is C#CCNCCN1CCSCC1S(C)(=O)=O. The zero-order valence-corrected chi connectivity index (χ0v) is 11.1. The summed E-state index contributed by atoms with van der Waals surface area (Å²) in [5.41, 5.74) is 0. The summed E-state index contributed by atoms with van der Waals surface area (Å²) in [6, 6.07) is 0. The van der Waals surface area contributed by atoms with Crippen molar-refractivity contribution < 1.29 is 8.42 Å². The van der Waals surface area contributed by atoms with Crippen molar-refractivity contribution in [3.8, 4) is 12.3 Å². The molecular formula is C10H18N2O2S2. The Labute approximate surface area is 102 Å². The van der Waals surface area contributed by atoms with Crippen molar-refractivity contribution in [2.75, 3.05) is 43.9 Å². The number of nitrogens with zero attached hydrogens (tertiary/aromatic N) is 1. The molecule has 92 valence electrons. The minimum atomic E-state index is -2.98. The van der Waals surface area contributed by atoms with Gasteiger partial charge in [0.05, 0.1) is 6.54 Å². The summed E-state index contributed by atoms with van der Waals surface area (Å²) in [6.07, 6.45) is 6.43. The summed E-state index contributed by atoms with van der Waals surface area (Å²) < 4.78 is 23.2. The Morgan fingerprint density at radius 3 is 3.00 bits per heavy atom. The molecule has 1 saturated heterocycles. The van der Waals surface area contributed by atoms with E-state index in [1.807, 2.05) is 4.90 Å². The first-order valence-corrected chi connectivity index (χ1v) is 8.31. The van der Waals surface area contributed by atoms with E-state index in [4.69, 9.17) is 6.42 Å². The molecule has 1 rings (SSSR count). The maximum atomic E-state index is 11.6. The molecule has 0 bridgehead atoms. The van der Waals surface area contributed by atoms with E-state index in [2.05, 4.69) is 11.2 Å². The van der Waals surface area contributed by atoms with Gasteiger partial charge in [0.25, 0.3) is 0 Å². The molecule has 6 heteroatoms. The second-order valence-corrected chi connectivity index (χ2v) is 7.13. The van der Waals surface area contributed by atoms with E-state index in [1.54, 1.807) is 11.8 Å². The van der Waals surface area contributed by atoms with Crippen molar-refractivity contribution in [3.63, 3.8) is 0 Å². The van der Waals surface area contributed by atoms with Crippen molar-refractivity contribution in [3.05, 3.63) is 0 Å². The fourth-order valence-corrected chi connectivity index (χ4v) is 4.62. The molecule has 0 radical (unpaired) electrons. The van der Waals surface area contributed by atoms with Crippen LogP contribution in [0.1, 0.15) is 0 Å². The minimum Gasteiger partial charge on any atom is -0.305 e. The number of sulfone groups is 1. The predicted molar refractivity (Wildman–Crippen MR) is 69.2 cm³/mol. The molecule has 0 spiro atoms. The normalized spacial score (nSPS) is 22.9. The third-order valence-electron chi connectivity index (χ3n) is 2.49. The fourth-order valence-electron chi connectivity index (χ4n) is 1.65. The summed E-state index contributed by atoms with van der Waals surface area (Å²) in [7, 11) is -2.98. The Balaban J connectivity index is 2.45.